The van der Waals surface area contributed by atoms with Gasteiger partial charge in [-0.15, -0.1) is 0 Å². The molecule has 35 heavy (non-hydrogen) atoms. The molecule has 0 fully saturated rings. The van der Waals surface area contributed by atoms with E-state index in [2.05, 4.69) is 10.5 Å². The lowest BCUT2D eigenvalue weighted by atomic mass is 10.1. The lowest BCUT2D eigenvalue weighted by molar-refractivity contribution is -0.127. The van der Waals surface area contributed by atoms with Gasteiger partial charge >= 0.3 is 5.97 Å². The molecular weight excluding hydrogens is 487 g/mol. The molecule has 0 bridgehead atoms. The average Bonchev–Trinajstić information content (AvgIpc) is 2.84. The summed E-state index contributed by atoms with van der Waals surface area (Å²) in [4.78, 5) is 24.9. The quantitative estimate of drug-likeness (QED) is 0.138. The molecule has 0 radical (unpaired) electrons. The van der Waals surface area contributed by atoms with Gasteiger partial charge in [0.15, 0.2) is 6.10 Å². The van der Waals surface area contributed by atoms with Gasteiger partial charge in [0.25, 0.3) is 5.91 Å². The molecule has 0 aliphatic rings. The maximum atomic E-state index is 12.5. The predicted octanol–water partition coefficient (Wildman–Crippen LogP) is 6.28. The Morgan fingerprint density at radius 3 is 2.54 bits per heavy atom. The average molecular weight is 507 g/mol. The van der Waals surface area contributed by atoms with Gasteiger partial charge in [0.1, 0.15) is 11.5 Å². The molecule has 0 aliphatic heterocycles. The highest BCUT2D eigenvalue weighted by Gasteiger charge is 2.16. The molecule has 1 N–H and O–H groups in total. The summed E-state index contributed by atoms with van der Waals surface area (Å²) in [5.41, 5.74) is 3.27. The molecule has 8 heteroatoms. The van der Waals surface area contributed by atoms with Crippen LogP contribution in [0.25, 0.3) is 10.8 Å². The minimum atomic E-state index is -0.769. The van der Waals surface area contributed by atoms with Gasteiger partial charge in [0.2, 0.25) is 0 Å². The van der Waals surface area contributed by atoms with Crippen LogP contribution in [0.5, 0.6) is 11.5 Å². The second-order valence-electron chi connectivity index (χ2n) is 7.56. The van der Waals surface area contributed by atoms with Crippen LogP contribution in [0.15, 0.2) is 90.0 Å². The highest BCUT2D eigenvalue weighted by molar-refractivity contribution is 6.36. The van der Waals surface area contributed by atoms with E-state index in [0.29, 0.717) is 22.1 Å². The normalized spacial score (nSPS) is 11.9. The number of hydrogen-bond acceptors (Lipinski definition) is 5. The van der Waals surface area contributed by atoms with Crippen LogP contribution in [0.2, 0.25) is 10.0 Å². The number of carbonyl (C=O) groups excluding carboxylic acids is 2. The Morgan fingerprint density at radius 1 is 0.943 bits per heavy atom. The van der Waals surface area contributed by atoms with Crippen LogP contribution in [0.4, 0.5) is 0 Å². The number of hydrogen-bond donors (Lipinski definition) is 1. The summed E-state index contributed by atoms with van der Waals surface area (Å²) in [6.07, 6.45) is 0.671. The molecule has 0 aromatic heterocycles. The molecule has 1 amide bonds. The molecule has 4 aromatic rings. The number of halogens is 2. The number of nitrogens with one attached hydrogen (secondary N) is 1. The molecule has 0 saturated carbocycles. The van der Waals surface area contributed by atoms with Crippen molar-refractivity contribution in [3.8, 4) is 11.5 Å². The van der Waals surface area contributed by atoms with Crippen molar-refractivity contribution in [2.24, 2.45) is 5.10 Å². The zero-order valence-electron chi connectivity index (χ0n) is 18.6. The third-order valence-electron chi connectivity index (χ3n) is 5.03. The number of carbonyl (C=O) groups is 2. The van der Waals surface area contributed by atoms with Crippen molar-refractivity contribution in [1.82, 2.24) is 5.43 Å². The number of fused-ring (bicyclic) bond motifs is 1. The number of esters is 1. The van der Waals surface area contributed by atoms with E-state index in [0.717, 1.165) is 10.8 Å². The minimum absolute atomic E-state index is 0.197. The Bertz CT molecular complexity index is 1420. The van der Waals surface area contributed by atoms with E-state index >= 15 is 0 Å². The fraction of sp³-hybridized carbons (Fsp3) is 0.0741. The summed E-state index contributed by atoms with van der Waals surface area (Å²) in [6.45, 7) is 1.65. The Hall–Kier alpha value is -3.87. The van der Waals surface area contributed by atoms with Crippen LogP contribution in [0, 0.1) is 0 Å². The summed E-state index contributed by atoms with van der Waals surface area (Å²) < 4.78 is 11.2. The molecule has 0 aliphatic carbocycles. The highest BCUT2D eigenvalue weighted by Crippen LogP contribution is 2.26. The monoisotopic (exact) mass is 506 g/mol. The van der Waals surface area contributed by atoms with Crippen molar-refractivity contribution in [2.75, 3.05) is 0 Å². The number of nitrogens with zero attached hydrogens (tertiary/aromatic N) is 1. The van der Waals surface area contributed by atoms with Gasteiger partial charge in [-0.05, 0) is 54.3 Å². The number of hydrazone groups is 1. The first-order valence-electron chi connectivity index (χ1n) is 10.7. The largest absolute Gasteiger partial charge is 0.480 e. The van der Waals surface area contributed by atoms with Gasteiger partial charge in [-0.2, -0.15) is 5.10 Å². The molecule has 4 rings (SSSR count). The zero-order chi connectivity index (χ0) is 24.8. The Morgan fingerprint density at radius 2 is 1.71 bits per heavy atom. The maximum Gasteiger partial charge on any atom is 0.345 e. The van der Waals surface area contributed by atoms with Gasteiger partial charge < -0.3 is 9.47 Å². The second-order valence-corrected chi connectivity index (χ2v) is 8.40. The predicted molar refractivity (Wildman–Crippen MR) is 138 cm³/mol. The standard InChI is InChI=1S/C27H20Cl2N2O4/c1-17(34-25-11-5-8-19-7-2-3-10-22(19)25)26(32)31-30-16-18-6-4-9-21(14-18)35-27(33)23-13-12-20(28)15-24(23)29/h2-17H,1H3,(H,31,32)/b30-16-/t17-/m1/s1. The van der Waals surface area contributed by atoms with E-state index in [9.17, 15) is 9.59 Å². The SMILES string of the molecule is C[C@@H](Oc1cccc2ccccc12)C(=O)N/N=C\c1cccc(OC(=O)c2ccc(Cl)cc2Cl)c1. The van der Waals surface area contributed by atoms with Crippen LogP contribution < -0.4 is 14.9 Å². The number of ether oxygens (including phenoxy) is 2. The molecule has 6 nitrogen and oxygen atoms in total. The van der Waals surface area contributed by atoms with Crippen LogP contribution in [0.3, 0.4) is 0 Å². The summed E-state index contributed by atoms with van der Waals surface area (Å²) in [5, 5.41) is 6.55. The van der Waals surface area contributed by atoms with E-state index in [1.54, 1.807) is 37.3 Å². The Labute approximate surface area is 212 Å². The van der Waals surface area contributed by atoms with Crippen LogP contribution in [0.1, 0.15) is 22.8 Å². The first kappa shape index (κ1) is 24.3. The minimum Gasteiger partial charge on any atom is -0.480 e. The third kappa shape index (κ3) is 6.18. The van der Waals surface area contributed by atoms with E-state index in [1.165, 1.54) is 18.3 Å². The van der Waals surface area contributed by atoms with Crippen LogP contribution in [-0.2, 0) is 4.79 Å². The van der Waals surface area contributed by atoms with Crippen molar-refractivity contribution in [3.63, 3.8) is 0 Å². The first-order valence-corrected chi connectivity index (χ1v) is 11.4. The zero-order valence-corrected chi connectivity index (χ0v) is 20.1. The Kier molecular flexibility index (Phi) is 7.65. The smallest absolute Gasteiger partial charge is 0.345 e. The van der Waals surface area contributed by atoms with Gasteiger partial charge in [0, 0.05) is 10.4 Å². The van der Waals surface area contributed by atoms with Crippen LogP contribution >= 0.6 is 23.2 Å². The third-order valence-corrected chi connectivity index (χ3v) is 5.58. The topological polar surface area (TPSA) is 77.0 Å². The summed E-state index contributed by atoms with van der Waals surface area (Å²) in [6, 6.07) is 24.6. The van der Waals surface area contributed by atoms with Gasteiger partial charge in [-0.1, -0.05) is 71.7 Å². The molecule has 0 saturated heterocycles. The summed E-state index contributed by atoms with van der Waals surface area (Å²) >= 11 is 11.9. The van der Waals surface area contributed by atoms with Crippen molar-refractivity contribution < 1.29 is 19.1 Å². The molecule has 4 aromatic carbocycles. The van der Waals surface area contributed by atoms with Gasteiger partial charge in [-0.25, -0.2) is 10.2 Å². The number of benzene rings is 4. The molecule has 0 heterocycles. The maximum absolute atomic E-state index is 12.5. The van der Waals surface area contributed by atoms with E-state index in [1.807, 2.05) is 42.5 Å². The number of rotatable bonds is 7. The molecule has 0 spiro atoms. The highest BCUT2D eigenvalue weighted by atomic mass is 35.5. The summed E-state index contributed by atoms with van der Waals surface area (Å²) in [7, 11) is 0. The van der Waals surface area contributed by atoms with Crippen molar-refractivity contribution in [2.45, 2.75) is 13.0 Å². The van der Waals surface area contributed by atoms with Crippen LogP contribution in [-0.4, -0.2) is 24.2 Å². The summed E-state index contributed by atoms with van der Waals surface area (Å²) in [5.74, 6) is -0.114. The first-order chi connectivity index (χ1) is 16.9. The van der Waals surface area contributed by atoms with E-state index in [-0.39, 0.29) is 10.6 Å². The molecule has 0 unspecified atom stereocenters. The van der Waals surface area contributed by atoms with Crippen molar-refractivity contribution in [3.05, 3.63) is 106 Å². The molecular formula is C27H20Cl2N2O4. The van der Waals surface area contributed by atoms with Crippen molar-refractivity contribution in [1.29, 1.82) is 0 Å². The van der Waals surface area contributed by atoms with Gasteiger partial charge in [0.05, 0.1) is 16.8 Å². The fourth-order valence-electron chi connectivity index (χ4n) is 3.28. The fourth-order valence-corrected chi connectivity index (χ4v) is 3.76. The van der Waals surface area contributed by atoms with Gasteiger partial charge in [-0.3, -0.25) is 4.79 Å². The van der Waals surface area contributed by atoms with Crippen molar-refractivity contribution >= 4 is 52.1 Å². The van der Waals surface area contributed by atoms with E-state index < -0.39 is 18.0 Å². The Balaban J connectivity index is 1.36. The number of amides is 1. The lowest BCUT2D eigenvalue weighted by Crippen LogP contribution is -2.33. The second kappa shape index (κ2) is 11.0. The molecule has 176 valence electrons. The molecule has 1 atom stereocenters. The lowest BCUT2D eigenvalue weighted by Gasteiger charge is -2.14. The van der Waals surface area contributed by atoms with E-state index in [4.69, 9.17) is 32.7 Å².